The van der Waals surface area contributed by atoms with E-state index in [1.165, 1.54) is 10.4 Å². The van der Waals surface area contributed by atoms with Crippen molar-refractivity contribution in [2.24, 2.45) is 11.8 Å². The molecule has 0 N–H and O–H groups in total. The molecule has 0 fully saturated rings. The molecular formula is C23H28O2Si. The van der Waals surface area contributed by atoms with Gasteiger partial charge in [0.25, 0.3) is 8.32 Å². The highest BCUT2D eigenvalue weighted by atomic mass is 28.4. The van der Waals surface area contributed by atoms with E-state index in [1.807, 2.05) is 6.08 Å². The zero-order valence-electron chi connectivity index (χ0n) is 16.1. The molecule has 2 aromatic rings. The Morgan fingerprint density at radius 1 is 0.923 bits per heavy atom. The van der Waals surface area contributed by atoms with Crippen LogP contribution in [0.15, 0.2) is 72.8 Å². The van der Waals surface area contributed by atoms with Crippen LogP contribution in [0, 0.1) is 11.8 Å². The van der Waals surface area contributed by atoms with Crippen LogP contribution in [0.1, 0.15) is 27.7 Å². The van der Waals surface area contributed by atoms with E-state index < -0.39 is 8.32 Å². The maximum absolute atomic E-state index is 11.8. The molecule has 1 aliphatic carbocycles. The summed E-state index contributed by atoms with van der Waals surface area (Å²) in [6.07, 6.45) is 4.12. The summed E-state index contributed by atoms with van der Waals surface area (Å²) in [5.41, 5.74) is 0. The van der Waals surface area contributed by atoms with Crippen molar-refractivity contribution >= 4 is 24.5 Å². The Bertz CT molecular complexity index is 735. The van der Waals surface area contributed by atoms with Crippen molar-refractivity contribution in [2.45, 2.75) is 32.7 Å². The Morgan fingerprint density at radius 2 is 1.42 bits per heavy atom. The number of allylic oxidation sites excluding steroid dienone is 1. The van der Waals surface area contributed by atoms with Crippen LogP contribution >= 0.6 is 0 Å². The monoisotopic (exact) mass is 364 g/mol. The van der Waals surface area contributed by atoms with Crippen molar-refractivity contribution in [3.05, 3.63) is 72.8 Å². The Balaban J connectivity index is 2.03. The van der Waals surface area contributed by atoms with Crippen LogP contribution in [0.4, 0.5) is 0 Å². The topological polar surface area (TPSA) is 26.3 Å². The molecule has 0 heterocycles. The average Bonchev–Trinajstić information content (AvgIpc) is 2.57. The minimum atomic E-state index is -2.50. The molecule has 2 nitrogen and oxygen atoms in total. The normalized spacial score (nSPS) is 19.8. The van der Waals surface area contributed by atoms with E-state index in [0.717, 1.165) is 0 Å². The van der Waals surface area contributed by atoms with Gasteiger partial charge in [-0.25, -0.2) is 0 Å². The SMILES string of the molecule is CC(=O)[C@@H]1C=C[C@@H]1CO[Si](c1ccccc1)(c1ccccc1)C(C)(C)C. The maximum atomic E-state index is 11.8. The van der Waals surface area contributed by atoms with Gasteiger partial charge in [0.05, 0.1) is 0 Å². The minimum Gasteiger partial charge on any atom is -0.407 e. The number of carbonyl (C=O) groups excluding carboxylic acids is 1. The van der Waals surface area contributed by atoms with Crippen LogP contribution in [0.25, 0.3) is 0 Å². The summed E-state index contributed by atoms with van der Waals surface area (Å²) in [5, 5.41) is 2.53. The van der Waals surface area contributed by atoms with Crippen molar-refractivity contribution in [3.8, 4) is 0 Å². The highest BCUT2D eigenvalue weighted by Crippen LogP contribution is 2.38. The molecular weight excluding hydrogens is 336 g/mol. The van der Waals surface area contributed by atoms with E-state index in [1.54, 1.807) is 6.92 Å². The molecule has 0 aliphatic heterocycles. The van der Waals surface area contributed by atoms with Crippen LogP contribution < -0.4 is 10.4 Å². The van der Waals surface area contributed by atoms with Crippen LogP contribution in [0.2, 0.25) is 5.04 Å². The molecule has 1 aliphatic rings. The highest BCUT2D eigenvalue weighted by Gasteiger charge is 2.50. The Hall–Kier alpha value is -1.97. The number of hydrogen-bond donors (Lipinski definition) is 0. The predicted molar refractivity (Wildman–Crippen MR) is 110 cm³/mol. The van der Waals surface area contributed by atoms with E-state index in [-0.39, 0.29) is 22.7 Å². The summed E-state index contributed by atoms with van der Waals surface area (Å²) in [4.78, 5) is 11.8. The van der Waals surface area contributed by atoms with Crippen molar-refractivity contribution < 1.29 is 9.22 Å². The molecule has 136 valence electrons. The molecule has 0 saturated heterocycles. The predicted octanol–water partition coefficient (Wildman–Crippen LogP) is 3.95. The van der Waals surface area contributed by atoms with Crippen molar-refractivity contribution in [1.82, 2.24) is 0 Å². The van der Waals surface area contributed by atoms with E-state index >= 15 is 0 Å². The molecule has 2 aromatic carbocycles. The first-order valence-electron chi connectivity index (χ1n) is 9.30. The highest BCUT2D eigenvalue weighted by molar-refractivity contribution is 6.99. The van der Waals surface area contributed by atoms with Gasteiger partial charge in [-0.15, -0.1) is 0 Å². The van der Waals surface area contributed by atoms with Gasteiger partial charge in [-0.3, -0.25) is 4.79 Å². The van der Waals surface area contributed by atoms with Gasteiger partial charge in [-0.1, -0.05) is 93.6 Å². The molecule has 0 spiro atoms. The number of hydrogen-bond acceptors (Lipinski definition) is 2. The fourth-order valence-corrected chi connectivity index (χ4v) is 8.56. The third-order valence-electron chi connectivity index (χ3n) is 5.41. The van der Waals surface area contributed by atoms with E-state index in [2.05, 4.69) is 87.5 Å². The molecule has 0 radical (unpaired) electrons. The van der Waals surface area contributed by atoms with E-state index in [9.17, 15) is 4.79 Å². The molecule has 0 unspecified atom stereocenters. The lowest BCUT2D eigenvalue weighted by atomic mass is 9.80. The second kappa shape index (κ2) is 7.34. The number of ketones is 1. The van der Waals surface area contributed by atoms with Gasteiger partial charge in [-0.2, -0.15) is 0 Å². The molecule has 0 saturated carbocycles. The summed E-state index contributed by atoms with van der Waals surface area (Å²) >= 11 is 0. The van der Waals surface area contributed by atoms with E-state index in [0.29, 0.717) is 6.61 Å². The van der Waals surface area contributed by atoms with Crippen molar-refractivity contribution in [2.75, 3.05) is 6.61 Å². The van der Waals surface area contributed by atoms with Gasteiger partial charge in [-0.05, 0) is 22.3 Å². The number of rotatable bonds is 6. The van der Waals surface area contributed by atoms with Crippen LogP contribution in [0.3, 0.4) is 0 Å². The summed E-state index contributed by atoms with van der Waals surface area (Å²) in [6.45, 7) is 9.09. The minimum absolute atomic E-state index is 0.00761. The molecule has 26 heavy (non-hydrogen) atoms. The zero-order chi connectivity index (χ0) is 18.8. The molecule has 2 atom stereocenters. The molecule has 3 heteroatoms. The van der Waals surface area contributed by atoms with Gasteiger partial charge >= 0.3 is 0 Å². The molecule has 0 aromatic heterocycles. The standard InChI is InChI=1S/C23H28O2Si/c1-18(24)22-16-15-19(22)17-25-26(23(2,3)4,20-11-7-5-8-12-20)21-13-9-6-10-14-21/h5-16,19,22H,17H2,1-4H3/t19-,22+/m1/s1. The molecule has 0 amide bonds. The van der Waals surface area contributed by atoms with Crippen molar-refractivity contribution in [1.29, 1.82) is 0 Å². The lowest BCUT2D eigenvalue weighted by Gasteiger charge is -2.44. The second-order valence-electron chi connectivity index (χ2n) is 8.16. The first-order valence-corrected chi connectivity index (χ1v) is 11.2. The van der Waals surface area contributed by atoms with Gasteiger partial charge in [0.15, 0.2) is 0 Å². The fourth-order valence-electron chi connectivity index (χ4n) is 3.96. The first-order chi connectivity index (χ1) is 12.4. The fraction of sp³-hybridized carbons (Fsp3) is 0.348. The van der Waals surface area contributed by atoms with E-state index in [4.69, 9.17) is 4.43 Å². The summed E-state index contributed by atoms with van der Waals surface area (Å²) in [7, 11) is -2.50. The quantitative estimate of drug-likeness (QED) is 0.573. The van der Waals surface area contributed by atoms with Crippen molar-refractivity contribution in [3.63, 3.8) is 0 Å². The first kappa shape index (κ1) is 18.8. The third kappa shape index (κ3) is 3.34. The second-order valence-corrected chi connectivity index (χ2v) is 12.5. The smallest absolute Gasteiger partial charge is 0.261 e. The maximum Gasteiger partial charge on any atom is 0.261 e. The Labute approximate surface area is 158 Å². The van der Waals surface area contributed by atoms with Gasteiger partial charge in [0.1, 0.15) is 5.78 Å². The Kier molecular flexibility index (Phi) is 5.31. The lowest BCUT2D eigenvalue weighted by molar-refractivity contribution is -0.121. The summed E-state index contributed by atoms with van der Waals surface area (Å²) in [5.74, 6) is 0.422. The number of benzene rings is 2. The van der Waals surface area contributed by atoms with Crippen LogP contribution in [0.5, 0.6) is 0 Å². The molecule has 3 rings (SSSR count). The summed E-state index contributed by atoms with van der Waals surface area (Å²) in [6, 6.07) is 21.3. The summed E-state index contributed by atoms with van der Waals surface area (Å²) < 4.78 is 6.89. The average molecular weight is 365 g/mol. The zero-order valence-corrected chi connectivity index (χ0v) is 17.1. The largest absolute Gasteiger partial charge is 0.407 e. The molecule has 0 bridgehead atoms. The third-order valence-corrected chi connectivity index (χ3v) is 10.4. The van der Waals surface area contributed by atoms with Gasteiger partial charge in [0.2, 0.25) is 0 Å². The van der Waals surface area contributed by atoms with Gasteiger partial charge < -0.3 is 4.43 Å². The van der Waals surface area contributed by atoms with Crippen LogP contribution in [-0.4, -0.2) is 20.7 Å². The van der Waals surface area contributed by atoms with Crippen LogP contribution in [-0.2, 0) is 9.22 Å². The lowest BCUT2D eigenvalue weighted by Crippen LogP contribution is -2.67. The number of carbonyl (C=O) groups is 1. The van der Waals surface area contributed by atoms with Gasteiger partial charge in [0, 0.05) is 18.4 Å². The number of Topliss-reactive ketones (excluding diaryl/α,β-unsaturated/α-hetero) is 1. The Morgan fingerprint density at radius 3 is 1.77 bits per heavy atom.